The van der Waals surface area contributed by atoms with Crippen LogP contribution < -0.4 is 0 Å². The van der Waals surface area contributed by atoms with Crippen LogP contribution in [0.4, 0.5) is 0 Å². The molecule has 1 heterocycles. The summed E-state index contributed by atoms with van der Waals surface area (Å²) in [6, 6.07) is 0. The van der Waals surface area contributed by atoms with Gasteiger partial charge < -0.3 is 9.84 Å². The molecular formula is C20H32O5. The molecule has 2 N–H and O–H groups in total. The van der Waals surface area contributed by atoms with Gasteiger partial charge in [0.25, 0.3) is 0 Å². The van der Waals surface area contributed by atoms with Gasteiger partial charge in [-0.1, -0.05) is 62.6 Å². The Balaban J connectivity index is 2.05. The van der Waals surface area contributed by atoms with Gasteiger partial charge in [-0.05, 0) is 32.1 Å². The Morgan fingerprint density at radius 1 is 1.16 bits per heavy atom. The maximum atomic E-state index is 10.4. The third-order valence-electron chi connectivity index (χ3n) is 4.17. The maximum Gasteiger partial charge on any atom is 0.303 e. The first-order valence-corrected chi connectivity index (χ1v) is 9.33. The summed E-state index contributed by atoms with van der Waals surface area (Å²) < 4.78 is 5.64. The van der Waals surface area contributed by atoms with Crippen LogP contribution in [0.25, 0.3) is 0 Å². The van der Waals surface area contributed by atoms with Crippen LogP contribution in [0.2, 0.25) is 0 Å². The minimum absolute atomic E-state index is 0.0818. The molecule has 0 aromatic carbocycles. The zero-order chi connectivity index (χ0) is 18.3. The Bertz CT molecular complexity index is 441. The summed E-state index contributed by atoms with van der Waals surface area (Å²) in [5, 5.41) is 17.3. The number of carbonyl (C=O) groups is 1. The van der Waals surface area contributed by atoms with E-state index in [1.807, 2.05) is 18.2 Å². The SMILES string of the molecule is CCCCCC1OC1CC=CCC=CC=CC(CCCC(=O)O)OO. The molecule has 1 fully saturated rings. The number of allylic oxidation sites excluding steroid dienone is 4. The summed E-state index contributed by atoms with van der Waals surface area (Å²) in [6.45, 7) is 2.22. The van der Waals surface area contributed by atoms with Crippen LogP contribution in [-0.4, -0.2) is 34.6 Å². The summed E-state index contributed by atoms with van der Waals surface area (Å²) in [5.41, 5.74) is 0. The van der Waals surface area contributed by atoms with Gasteiger partial charge >= 0.3 is 5.97 Å². The molecule has 1 aliphatic rings. The molecule has 1 rings (SSSR count). The van der Waals surface area contributed by atoms with Gasteiger partial charge in [0.05, 0.1) is 12.2 Å². The first kappa shape index (κ1) is 21.6. The van der Waals surface area contributed by atoms with Crippen LogP contribution in [0.5, 0.6) is 0 Å². The lowest BCUT2D eigenvalue weighted by atomic mass is 10.1. The molecule has 3 unspecified atom stereocenters. The lowest BCUT2D eigenvalue weighted by Crippen LogP contribution is -2.08. The van der Waals surface area contributed by atoms with Gasteiger partial charge in [-0.3, -0.25) is 10.1 Å². The van der Waals surface area contributed by atoms with E-state index in [4.69, 9.17) is 15.1 Å². The molecule has 0 spiro atoms. The van der Waals surface area contributed by atoms with Crippen LogP contribution in [-0.2, 0) is 14.4 Å². The van der Waals surface area contributed by atoms with Crippen molar-refractivity contribution >= 4 is 5.97 Å². The van der Waals surface area contributed by atoms with Crippen molar-refractivity contribution in [2.45, 2.75) is 83.0 Å². The Morgan fingerprint density at radius 3 is 2.72 bits per heavy atom. The molecule has 1 aliphatic heterocycles. The monoisotopic (exact) mass is 352 g/mol. The first-order valence-electron chi connectivity index (χ1n) is 9.33. The van der Waals surface area contributed by atoms with Gasteiger partial charge in [-0.15, -0.1) is 0 Å². The van der Waals surface area contributed by atoms with Crippen molar-refractivity contribution in [3.8, 4) is 0 Å². The second kappa shape index (κ2) is 13.8. The van der Waals surface area contributed by atoms with Gasteiger partial charge in [0.2, 0.25) is 0 Å². The molecule has 0 aromatic heterocycles. The zero-order valence-electron chi connectivity index (χ0n) is 15.2. The van der Waals surface area contributed by atoms with Gasteiger partial charge in [-0.2, -0.15) is 0 Å². The van der Waals surface area contributed by atoms with Gasteiger partial charge in [0, 0.05) is 6.42 Å². The van der Waals surface area contributed by atoms with E-state index in [0.717, 1.165) is 12.8 Å². The van der Waals surface area contributed by atoms with Gasteiger partial charge in [0.15, 0.2) is 0 Å². The summed E-state index contributed by atoms with van der Waals surface area (Å²) in [4.78, 5) is 14.7. The highest BCUT2D eigenvalue weighted by Crippen LogP contribution is 2.30. The zero-order valence-corrected chi connectivity index (χ0v) is 15.2. The van der Waals surface area contributed by atoms with E-state index in [2.05, 4.69) is 24.0 Å². The standard InChI is InChI=1S/C20H32O5/c1-2-3-8-14-18-19(24-18)15-10-7-5-4-6-9-12-17(25-23)13-11-16-20(21)22/h4,6-7,9-10,12,17-19,23H,2-3,5,8,11,13-16H2,1H3,(H,21,22). The summed E-state index contributed by atoms with van der Waals surface area (Å²) in [5.74, 6) is -0.837. The number of epoxide rings is 1. The lowest BCUT2D eigenvalue weighted by molar-refractivity contribution is -0.267. The minimum atomic E-state index is -0.837. The van der Waals surface area contributed by atoms with Crippen molar-refractivity contribution in [1.82, 2.24) is 0 Å². The molecule has 0 saturated carbocycles. The summed E-state index contributed by atoms with van der Waals surface area (Å²) >= 11 is 0. The van der Waals surface area contributed by atoms with Crippen molar-refractivity contribution in [2.24, 2.45) is 0 Å². The quantitative estimate of drug-likeness (QED) is 0.109. The van der Waals surface area contributed by atoms with Crippen LogP contribution >= 0.6 is 0 Å². The highest BCUT2D eigenvalue weighted by atomic mass is 17.1. The number of hydrogen-bond donors (Lipinski definition) is 2. The van der Waals surface area contributed by atoms with Crippen LogP contribution in [0.15, 0.2) is 36.5 Å². The van der Waals surface area contributed by atoms with Crippen molar-refractivity contribution in [3.05, 3.63) is 36.5 Å². The number of rotatable bonds is 15. The van der Waals surface area contributed by atoms with E-state index >= 15 is 0 Å². The normalized spacial score (nSPS) is 21.5. The molecule has 1 saturated heterocycles. The van der Waals surface area contributed by atoms with Crippen LogP contribution in [0, 0.1) is 0 Å². The Labute approximate surface area is 151 Å². The third-order valence-corrected chi connectivity index (χ3v) is 4.17. The first-order chi connectivity index (χ1) is 12.2. The average molecular weight is 352 g/mol. The van der Waals surface area contributed by atoms with Crippen molar-refractivity contribution in [2.75, 3.05) is 0 Å². The molecule has 142 valence electrons. The second-order valence-electron chi connectivity index (χ2n) is 6.39. The van der Waals surface area contributed by atoms with Crippen molar-refractivity contribution < 1.29 is 24.8 Å². The van der Waals surface area contributed by atoms with E-state index in [1.54, 1.807) is 6.08 Å². The van der Waals surface area contributed by atoms with E-state index in [9.17, 15) is 4.79 Å². The largest absolute Gasteiger partial charge is 0.481 e. The lowest BCUT2D eigenvalue weighted by Gasteiger charge is -2.06. The number of hydrogen-bond acceptors (Lipinski definition) is 4. The topological polar surface area (TPSA) is 79.3 Å². The summed E-state index contributed by atoms with van der Waals surface area (Å²) in [6.07, 6.45) is 20.1. The Morgan fingerprint density at radius 2 is 2.00 bits per heavy atom. The summed E-state index contributed by atoms with van der Waals surface area (Å²) in [7, 11) is 0. The van der Waals surface area contributed by atoms with Crippen molar-refractivity contribution in [3.63, 3.8) is 0 Å². The molecule has 5 nitrogen and oxygen atoms in total. The smallest absolute Gasteiger partial charge is 0.303 e. The fraction of sp³-hybridized carbons (Fsp3) is 0.650. The van der Waals surface area contributed by atoms with Gasteiger partial charge in [-0.25, -0.2) is 4.89 Å². The Hall–Kier alpha value is -1.43. The van der Waals surface area contributed by atoms with E-state index in [0.29, 0.717) is 25.0 Å². The van der Waals surface area contributed by atoms with E-state index in [1.165, 1.54) is 25.7 Å². The second-order valence-corrected chi connectivity index (χ2v) is 6.39. The number of carboxylic acids is 1. The molecule has 3 atom stereocenters. The Kier molecular flexibility index (Phi) is 11.9. The molecular weight excluding hydrogens is 320 g/mol. The molecule has 5 heteroatoms. The highest BCUT2D eigenvalue weighted by molar-refractivity contribution is 5.66. The highest BCUT2D eigenvalue weighted by Gasteiger charge is 2.36. The number of ether oxygens (including phenoxy) is 1. The molecule has 0 radical (unpaired) electrons. The predicted octanol–water partition coefficient (Wildman–Crippen LogP) is 4.90. The molecule has 0 bridgehead atoms. The molecule has 25 heavy (non-hydrogen) atoms. The van der Waals surface area contributed by atoms with E-state index < -0.39 is 12.1 Å². The van der Waals surface area contributed by atoms with Gasteiger partial charge in [0.1, 0.15) is 6.10 Å². The van der Waals surface area contributed by atoms with Crippen LogP contribution in [0.3, 0.4) is 0 Å². The molecule has 0 aromatic rings. The number of aliphatic carboxylic acids is 1. The molecule has 0 aliphatic carbocycles. The average Bonchev–Trinajstić information content (AvgIpc) is 3.33. The third kappa shape index (κ3) is 11.7. The maximum absolute atomic E-state index is 10.4. The predicted molar refractivity (Wildman–Crippen MR) is 98.4 cm³/mol. The van der Waals surface area contributed by atoms with Crippen molar-refractivity contribution in [1.29, 1.82) is 0 Å². The number of unbranched alkanes of at least 4 members (excludes halogenated alkanes) is 2. The minimum Gasteiger partial charge on any atom is -0.481 e. The van der Waals surface area contributed by atoms with Crippen LogP contribution in [0.1, 0.15) is 64.7 Å². The molecule has 0 amide bonds. The fourth-order valence-electron chi connectivity index (χ4n) is 2.62. The number of carboxylic acid groups (broad SMARTS) is 1. The van der Waals surface area contributed by atoms with E-state index in [-0.39, 0.29) is 6.42 Å². The fourth-order valence-corrected chi connectivity index (χ4v) is 2.62.